The quantitative estimate of drug-likeness (QED) is 0.0261. The van der Waals surface area contributed by atoms with Gasteiger partial charge >= 0.3 is 17.9 Å². The van der Waals surface area contributed by atoms with Gasteiger partial charge in [-0.25, -0.2) is 0 Å². The van der Waals surface area contributed by atoms with Gasteiger partial charge < -0.3 is 14.2 Å². The van der Waals surface area contributed by atoms with Gasteiger partial charge in [0.05, 0.1) is 0 Å². The van der Waals surface area contributed by atoms with Crippen LogP contribution >= 0.6 is 0 Å². The molecule has 6 nitrogen and oxygen atoms in total. The van der Waals surface area contributed by atoms with Crippen LogP contribution in [0.5, 0.6) is 0 Å². The number of ether oxygens (including phenoxy) is 3. The zero-order chi connectivity index (χ0) is 59.9. The van der Waals surface area contributed by atoms with Gasteiger partial charge in [0, 0.05) is 19.3 Å². The Labute approximate surface area is 515 Å². The van der Waals surface area contributed by atoms with Crippen molar-refractivity contribution < 1.29 is 28.6 Å². The highest BCUT2D eigenvalue weighted by Crippen LogP contribution is 2.18. The standard InChI is InChI=1S/C77H136O6/c1-4-7-10-13-16-19-22-24-26-28-30-32-34-36-38-40-42-44-46-48-50-52-55-58-61-64-67-70-76(79)82-73-74(72-81-75(78)69-66-63-60-57-54-21-18-15-12-9-6-3)83-77(80)71-68-65-62-59-56-53-51-49-47-45-43-41-39-37-35-33-31-29-27-25-23-20-17-14-11-8-5-2/h7,10,15-16,18-19,23-26,29-32,74H,4-6,8-9,11-14,17,20-22,27-28,33-73H2,1-3H3/b10-7-,18-15-,19-16-,25-23-,26-24-,31-29-,32-30-. The number of carbonyl (C=O) groups is 3. The highest BCUT2D eigenvalue weighted by atomic mass is 16.6. The molecule has 0 aliphatic heterocycles. The molecule has 0 aliphatic carbocycles. The van der Waals surface area contributed by atoms with Crippen LogP contribution in [0, 0.1) is 0 Å². The van der Waals surface area contributed by atoms with E-state index in [1.807, 2.05) is 0 Å². The van der Waals surface area contributed by atoms with Gasteiger partial charge in [-0.3, -0.25) is 14.4 Å². The molecule has 0 amide bonds. The first kappa shape index (κ1) is 79.6. The second-order valence-corrected chi connectivity index (χ2v) is 24.1. The fourth-order valence-electron chi connectivity index (χ4n) is 10.4. The number of hydrogen-bond donors (Lipinski definition) is 0. The Bertz CT molecular complexity index is 1570. The molecule has 0 aromatic rings. The molecule has 0 aliphatic rings. The Kier molecular flexibility index (Phi) is 68.2. The van der Waals surface area contributed by atoms with Crippen LogP contribution in [0.15, 0.2) is 85.1 Å². The van der Waals surface area contributed by atoms with Crippen LogP contribution in [0.3, 0.4) is 0 Å². The van der Waals surface area contributed by atoms with Crippen LogP contribution in [0.4, 0.5) is 0 Å². The Morgan fingerprint density at radius 1 is 0.253 bits per heavy atom. The van der Waals surface area contributed by atoms with Gasteiger partial charge in [0.2, 0.25) is 0 Å². The lowest BCUT2D eigenvalue weighted by Gasteiger charge is -2.18. The molecule has 0 saturated carbocycles. The highest BCUT2D eigenvalue weighted by molar-refractivity contribution is 5.71. The summed E-state index contributed by atoms with van der Waals surface area (Å²) in [6.45, 7) is 6.52. The topological polar surface area (TPSA) is 78.9 Å². The van der Waals surface area contributed by atoms with E-state index in [0.29, 0.717) is 19.3 Å². The molecule has 0 rings (SSSR count). The van der Waals surface area contributed by atoms with Gasteiger partial charge in [-0.05, 0) is 109 Å². The van der Waals surface area contributed by atoms with E-state index in [0.717, 1.165) is 96.3 Å². The van der Waals surface area contributed by atoms with Crippen molar-refractivity contribution in [3.05, 3.63) is 85.1 Å². The van der Waals surface area contributed by atoms with E-state index in [1.54, 1.807) is 0 Å². The van der Waals surface area contributed by atoms with E-state index in [9.17, 15) is 14.4 Å². The summed E-state index contributed by atoms with van der Waals surface area (Å²) < 4.78 is 17.0. The third kappa shape index (κ3) is 69.3. The first-order chi connectivity index (χ1) is 41.0. The average molecular weight is 1160 g/mol. The molecular weight excluding hydrogens is 1020 g/mol. The van der Waals surface area contributed by atoms with Gasteiger partial charge in [-0.15, -0.1) is 0 Å². The normalized spacial score (nSPS) is 12.6. The van der Waals surface area contributed by atoms with Crippen molar-refractivity contribution in [2.75, 3.05) is 13.2 Å². The number of hydrogen-bond acceptors (Lipinski definition) is 6. The smallest absolute Gasteiger partial charge is 0.306 e. The molecule has 1 atom stereocenters. The third-order valence-corrected chi connectivity index (χ3v) is 15.9. The number of carbonyl (C=O) groups excluding carboxylic acids is 3. The van der Waals surface area contributed by atoms with Crippen LogP contribution in [0.2, 0.25) is 0 Å². The monoisotopic (exact) mass is 1160 g/mol. The first-order valence-corrected chi connectivity index (χ1v) is 36.1. The van der Waals surface area contributed by atoms with Gasteiger partial charge in [-0.2, -0.15) is 0 Å². The number of allylic oxidation sites excluding steroid dienone is 14. The zero-order valence-electron chi connectivity index (χ0n) is 55.2. The molecule has 0 spiro atoms. The van der Waals surface area contributed by atoms with Crippen molar-refractivity contribution in [1.29, 1.82) is 0 Å². The van der Waals surface area contributed by atoms with Crippen molar-refractivity contribution in [2.24, 2.45) is 0 Å². The van der Waals surface area contributed by atoms with E-state index < -0.39 is 6.10 Å². The number of esters is 3. The number of unbranched alkanes of at least 4 members (excludes halogenated alkanes) is 41. The van der Waals surface area contributed by atoms with E-state index in [-0.39, 0.29) is 31.1 Å². The summed E-state index contributed by atoms with van der Waals surface area (Å²) in [4.78, 5) is 38.4. The Morgan fingerprint density at radius 3 is 0.783 bits per heavy atom. The SMILES string of the molecule is CC/C=C\C/C=C\C/C=C\C/C=C\CCCCCCCCCCCCCCCCC(=O)OCC(COC(=O)CCCCCCC/C=C\CCCC)OC(=O)CCCCCCCCCCCCCCCCC/C=C\C/C=C\CCCCCCC. The Balaban J connectivity index is 4.19. The molecule has 0 bridgehead atoms. The summed E-state index contributed by atoms with van der Waals surface area (Å²) in [5, 5.41) is 0. The van der Waals surface area contributed by atoms with Gasteiger partial charge in [0.1, 0.15) is 13.2 Å². The minimum atomic E-state index is -0.780. The van der Waals surface area contributed by atoms with Crippen molar-refractivity contribution in [3.63, 3.8) is 0 Å². The maximum Gasteiger partial charge on any atom is 0.306 e. The molecule has 6 heteroatoms. The van der Waals surface area contributed by atoms with Crippen LogP contribution in [-0.2, 0) is 28.6 Å². The predicted molar refractivity (Wildman–Crippen MR) is 362 cm³/mol. The molecule has 0 N–H and O–H groups in total. The molecule has 0 radical (unpaired) electrons. The van der Waals surface area contributed by atoms with Crippen molar-refractivity contribution in [1.82, 2.24) is 0 Å². The lowest BCUT2D eigenvalue weighted by Crippen LogP contribution is -2.30. The molecular formula is C77H136O6. The highest BCUT2D eigenvalue weighted by Gasteiger charge is 2.19. The first-order valence-electron chi connectivity index (χ1n) is 36.1. The third-order valence-electron chi connectivity index (χ3n) is 15.9. The molecule has 0 fully saturated rings. The molecule has 480 valence electrons. The maximum atomic E-state index is 13.0. The predicted octanol–water partition coefficient (Wildman–Crippen LogP) is 25.0. The van der Waals surface area contributed by atoms with E-state index in [1.165, 1.54) is 231 Å². The number of rotatable bonds is 66. The van der Waals surface area contributed by atoms with E-state index in [4.69, 9.17) is 14.2 Å². The second-order valence-electron chi connectivity index (χ2n) is 24.1. The van der Waals surface area contributed by atoms with E-state index >= 15 is 0 Å². The van der Waals surface area contributed by atoms with Gasteiger partial charge in [0.15, 0.2) is 6.10 Å². The maximum absolute atomic E-state index is 13.0. The minimum Gasteiger partial charge on any atom is -0.462 e. The van der Waals surface area contributed by atoms with Crippen molar-refractivity contribution >= 4 is 17.9 Å². The molecule has 0 aromatic heterocycles. The summed E-state index contributed by atoms with van der Waals surface area (Å²) in [7, 11) is 0. The largest absolute Gasteiger partial charge is 0.462 e. The minimum absolute atomic E-state index is 0.0760. The second kappa shape index (κ2) is 71.1. The Morgan fingerprint density at radius 2 is 0.482 bits per heavy atom. The van der Waals surface area contributed by atoms with E-state index in [2.05, 4.69) is 106 Å². The summed E-state index contributed by atoms with van der Waals surface area (Å²) in [6, 6.07) is 0. The fourth-order valence-corrected chi connectivity index (χ4v) is 10.4. The van der Waals surface area contributed by atoms with Crippen LogP contribution in [0.1, 0.15) is 367 Å². The Hall–Kier alpha value is -3.41. The van der Waals surface area contributed by atoms with Gasteiger partial charge in [-0.1, -0.05) is 324 Å². The summed E-state index contributed by atoms with van der Waals surface area (Å²) in [5.74, 6) is -0.868. The zero-order valence-corrected chi connectivity index (χ0v) is 55.2. The molecule has 1 unspecified atom stereocenters. The van der Waals surface area contributed by atoms with Gasteiger partial charge in [0.25, 0.3) is 0 Å². The summed E-state index contributed by atoms with van der Waals surface area (Å²) in [5.41, 5.74) is 0. The molecule has 0 aromatic carbocycles. The van der Waals surface area contributed by atoms with Crippen molar-refractivity contribution in [2.45, 2.75) is 374 Å². The lowest BCUT2D eigenvalue weighted by atomic mass is 10.0. The van der Waals surface area contributed by atoms with Crippen LogP contribution in [0.25, 0.3) is 0 Å². The lowest BCUT2D eigenvalue weighted by molar-refractivity contribution is -0.167. The van der Waals surface area contributed by atoms with Crippen LogP contribution in [-0.4, -0.2) is 37.2 Å². The van der Waals surface area contributed by atoms with Crippen LogP contribution < -0.4 is 0 Å². The fraction of sp³-hybridized carbons (Fsp3) is 0.779. The molecule has 0 heterocycles. The van der Waals surface area contributed by atoms with Crippen molar-refractivity contribution in [3.8, 4) is 0 Å². The summed E-state index contributed by atoms with van der Waals surface area (Å²) >= 11 is 0. The summed E-state index contributed by atoms with van der Waals surface area (Å²) in [6.07, 6.45) is 94.8. The average Bonchev–Trinajstić information content (AvgIpc) is 3.48. The molecule has 83 heavy (non-hydrogen) atoms. The molecule has 0 saturated heterocycles.